The molecule has 0 bridgehead atoms. The highest BCUT2D eigenvalue weighted by Gasteiger charge is 2.37. The third kappa shape index (κ3) is 2.44. The molecule has 0 saturated heterocycles. The smallest absolute Gasteiger partial charge is 0.106 e. The van der Waals surface area contributed by atoms with Crippen LogP contribution in [0.4, 0.5) is 9.39 Å². The van der Waals surface area contributed by atoms with Crippen LogP contribution in [0.1, 0.15) is 50.1 Å². The Bertz CT molecular complexity index is 443. The molecule has 0 radical (unpaired) electrons. The van der Waals surface area contributed by atoms with Crippen molar-refractivity contribution in [3.05, 3.63) is 16.0 Å². The average molecular weight is 254 g/mol. The van der Waals surface area contributed by atoms with Crippen LogP contribution in [-0.4, -0.2) is 6.17 Å². The molecule has 2 nitrogen and oxygen atoms in total. The van der Waals surface area contributed by atoms with E-state index in [2.05, 4.69) is 6.07 Å². The van der Waals surface area contributed by atoms with E-state index in [9.17, 15) is 4.39 Å². The number of rotatable bonds is 0. The minimum atomic E-state index is -0.808. The molecule has 0 spiro atoms. The van der Waals surface area contributed by atoms with Gasteiger partial charge in [-0.25, -0.2) is 4.39 Å². The Morgan fingerprint density at radius 3 is 2.59 bits per heavy atom. The van der Waals surface area contributed by atoms with Crippen LogP contribution in [0.5, 0.6) is 0 Å². The first-order valence-electron chi connectivity index (χ1n) is 5.91. The van der Waals surface area contributed by atoms with Gasteiger partial charge in [0.25, 0.3) is 0 Å². The highest BCUT2D eigenvalue weighted by Crippen LogP contribution is 2.45. The number of fused-ring (bicyclic) bond motifs is 1. The lowest BCUT2D eigenvalue weighted by Crippen LogP contribution is -2.30. The zero-order chi connectivity index (χ0) is 13.2. The summed E-state index contributed by atoms with van der Waals surface area (Å²) in [6, 6.07) is 2.14. The predicted molar refractivity (Wildman–Crippen MR) is 71.0 cm³/mol. The number of alkyl halides is 1. The molecule has 1 aromatic rings. The van der Waals surface area contributed by atoms with Gasteiger partial charge in [0.2, 0.25) is 0 Å². The van der Waals surface area contributed by atoms with Crippen molar-refractivity contribution < 1.29 is 4.39 Å². The summed E-state index contributed by atoms with van der Waals surface area (Å²) in [7, 11) is 0. The van der Waals surface area contributed by atoms with Gasteiger partial charge in [-0.15, -0.1) is 11.3 Å². The fourth-order valence-corrected chi connectivity index (χ4v) is 3.66. The Hall–Kier alpha value is -1.08. The normalized spacial score (nSPS) is 20.8. The Morgan fingerprint density at radius 1 is 1.47 bits per heavy atom. The number of nitrogens with two attached hydrogens (primary N) is 1. The summed E-state index contributed by atoms with van der Waals surface area (Å²) in [5.41, 5.74) is 7.04. The molecule has 1 aliphatic rings. The number of nitrogens with zero attached hydrogens (tertiary/aromatic N) is 1. The van der Waals surface area contributed by atoms with Crippen LogP contribution in [0.3, 0.4) is 0 Å². The third-order valence-electron chi connectivity index (χ3n) is 2.94. The molecule has 1 heterocycles. The first kappa shape index (κ1) is 14.0. The molecule has 1 aromatic heterocycles. The molecule has 1 aliphatic carbocycles. The van der Waals surface area contributed by atoms with Crippen molar-refractivity contribution in [2.45, 2.75) is 52.1 Å². The summed E-state index contributed by atoms with van der Waals surface area (Å²) in [6.07, 6.45) is 0.0808. The number of halogens is 1. The van der Waals surface area contributed by atoms with Gasteiger partial charge in [-0.2, -0.15) is 5.26 Å². The summed E-state index contributed by atoms with van der Waals surface area (Å²) in [5, 5.41) is 9.58. The van der Waals surface area contributed by atoms with Gasteiger partial charge in [-0.3, -0.25) is 0 Å². The van der Waals surface area contributed by atoms with Gasteiger partial charge >= 0.3 is 0 Å². The van der Waals surface area contributed by atoms with E-state index in [0.717, 1.165) is 10.4 Å². The van der Waals surface area contributed by atoms with Crippen molar-refractivity contribution in [3.63, 3.8) is 0 Å². The van der Waals surface area contributed by atoms with E-state index in [-0.39, 0.29) is 5.41 Å². The van der Waals surface area contributed by atoms with Crippen molar-refractivity contribution in [1.82, 2.24) is 0 Å². The molecule has 0 aromatic carbocycles. The number of hydrogen-bond acceptors (Lipinski definition) is 3. The predicted octanol–water partition coefficient (Wildman–Crippen LogP) is 3.79. The lowest BCUT2D eigenvalue weighted by atomic mass is 9.73. The summed E-state index contributed by atoms with van der Waals surface area (Å²) >= 11 is 1.36. The van der Waals surface area contributed by atoms with Crippen molar-refractivity contribution in [2.75, 3.05) is 5.73 Å². The Labute approximate surface area is 106 Å². The molecule has 2 N–H and O–H groups in total. The molecular formula is C13H19FN2S. The minimum Gasteiger partial charge on any atom is -0.389 e. The van der Waals surface area contributed by atoms with Gasteiger partial charge in [0.1, 0.15) is 17.2 Å². The second-order valence-corrected chi connectivity index (χ2v) is 5.78. The second-order valence-electron chi connectivity index (χ2n) is 4.64. The quantitative estimate of drug-likeness (QED) is 0.765. The standard InChI is InChI=1S/C11H13FN2S.C2H6/c1-11(2)4-6(12)3-8-9(11)7(5-13)10(14)15-8;1-2/h6H,3-4,14H2,1-2H3;1-2H3. The first-order valence-corrected chi connectivity index (χ1v) is 6.73. The molecule has 1 atom stereocenters. The molecule has 2 rings (SSSR count). The van der Waals surface area contributed by atoms with Crippen LogP contribution >= 0.6 is 11.3 Å². The molecule has 0 saturated carbocycles. The number of hydrogen-bond donors (Lipinski definition) is 1. The van der Waals surface area contributed by atoms with Gasteiger partial charge in [0.15, 0.2) is 0 Å². The molecule has 0 aliphatic heterocycles. The fraction of sp³-hybridized carbons (Fsp3) is 0.615. The van der Waals surface area contributed by atoms with E-state index in [4.69, 9.17) is 11.0 Å². The highest BCUT2D eigenvalue weighted by molar-refractivity contribution is 7.16. The van der Waals surface area contributed by atoms with E-state index >= 15 is 0 Å². The van der Waals surface area contributed by atoms with E-state index in [1.807, 2.05) is 27.7 Å². The van der Waals surface area contributed by atoms with E-state index in [1.54, 1.807) is 0 Å². The van der Waals surface area contributed by atoms with Gasteiger partial charge in [0, 0.05) is 11.3 Å². The van der Waals surface area contributed by atoms with E-state index < -0.39 is 6.17 Å². The largest absolute Gasteiger partial charge is 0.389 e. The van der Waals surface area contributed by atoms with E-state index in [0.29, 0.717) is 23.4 Å². The van der Waals surface area contributed by atoms with Gasteiger partial charge < -0.3 is 5.73 Å². The van der Waals surface area contributed by atoms with Crippen molar-refractivity contribution in [1.29, 1.82) is 5.26 Å². The monoisotopic (exact) mass is 254 g/mol. The van der Waals surface area contributed by atoms with Crippen LogP contribution in [0.25, 0.3) is 0 Å². The maximum atomic E-state index is 13.5. The maximum absolute atomic E-state index is 13.5. The minimum absolute atomic E-state index is 0.272. The second kappa shape index (κ2) is 5.05. The Balaban J connectivity index is 0.000000686. The molecule has 0 fully saturated rings. The molecule has 0 amide bonds. The molecule has 17 heavy (non-hydrogen) atoms. The topological polar surface area (TPSA) is 49.8 Å². The molecule has 4 heteroatoms. The summed E-state index contributed by atoms with van der Waals surface area (Å²) < 4.78 is 13.5. The molecular weight excluding hydrogens is 235 g/mol. The van der Waals surface area contributed by atoms with Crippen LogP contribution in [-0.2, 0) is 11.8 Å². The van der Waals surface area contributed by atoms with Crippen LogP contribution in [0.2, 0.25) is 0 Å². The van der Waals surface area contributed by atoms with Gasteiger partial charge in [-0.1, -0.05) is 27.7 Å². The zero-order valence-corrected chi connectivity index (χ0v) is 11.6. The average Bonchev–Trinajstić information content (AvgIpc) is 2.56. The summed E-state index contributed by atoms with van der Waals surface area (Å²) in [6.45, 7) is 7.95. The number of anilines is 1. The van der Waals surface area contributed by atoms with Crippen LogP contribution in [0, 0.1) is 11.3 Å². The summed E-state index contributed by atoms with van der Waals surface area (Å²) in [5.74, 6) is 0. The molecule has 1 unspecified atom stereocenters. The number of nitrogen functional groups attached to an aromatic ring is 1. The van der Waals surface area contributed by atoms with Gasteiger partial charge in [0.05, 0.1) is 5.56 Å². The highest BCUT2D eigenvalue weighted by atomic mass is 32.1. The van der Waals surface area contributed by atoms with Crippen LogP contribution < -0.4 is 5.73 Å². The van der Waals surface area contributed by atoms with E-state index in [1.165, 1.54) is 11.3 Å². The Kier molecular flexibility index (Phi) is 4.16. The first-order chi connectivity index (χ1) is 7.95. The lowest BCUT2D eigenvalue weighted by molar-refractivity contribution is 0.243. The molecule has 94 valence electrons. The van der Waals surface area contributed by atoms with Crippen LogP contribution in [0.15, 0.2) is 0 Å². The van der Waals surface area contributed by atoms with Gasteiger partial charge in [-0.05, 0) is 17.4 Å². The maximum Gasteiger partial charge on any atom is 0.106 e. The van der Waals surface area contributed by atoms with Crippen molar-refractivity contribution in [2.24, 2.45) is 0 Å². The van der Waals surface area contributed by atoms with Crippen molar-refractivity contribution in [3.8, 4) is 6.07 Å². The zero-order valence-electron chi connectivity index (χ0n) is 10.8. The number of thiophene rings is 1. The number of nitriles is 1. The SMILES string of the molecule is CC.CC1(C)CC(F)Cc2sc(N)c(C#N)c21. The summed E-state index contributed by atoms with van der Waals surface area (Å²) in [4.78, 5) is 0.952. The lowest BCUT2D eigenvalue weighted by Gasteiger charge is -2.32. The van der Waals surface area contributed by atoms with Crippen molar-refractivity contribution >= 4 is 16.3 Å². The fourth-order valence-electron chi connectivity index (χ4n) is 2.40. The third-order valence-corrected chi connectivity index (χ3v) is 3.98. The Morgan fingerprint density at radius 2 is 2.06 bits per heavy atom.